The maximum atomic E-state index is 13.1. The van der Waals surface area contributed by atoms with Crippen molar-refractivity contribution in [1.29, 1.82) is 0 Å². The van der Waals surface area contributed by atoms with Gasteiger partial charge in [-0.2, -0.15) is 0 Å². The molecule has 0 bridgehead atoms. The van der Waals surface area contributed by atoms with E-state index >= 15 is 0 Å². The highest BCUT2D eigenvalue weighted by atomic mass is 19.1. The van der Waals surface area contributed by atoms with Gasteiger partial charge in [-0.1, -0.05) is 19.1 Å². The minimum Gasteiger partial charge on any atom is -0.383 e. The van der Waals surface area contributed by atoms with E-state index in [9.17, 15) is 9.18 Å². The van der Waals surface area contributed by atoms with Gasteiger partial charge >= 0.3 is 0 Å². The maximum absolute atomic E-state index is 13.1. The number of carbonyl (C=O) groups excluding carboxylic acids is 1. The summed E-state index contributed by atoms with van der Waals surface area (Å²) >= 11 is 0. The molecule has 0 aliphatic carbocycles. The second-order valence-electron chi connectivity index (χ2n) is 6.68. The highest BCUT2D eigenvalue weighted by Gasteiger charge is 2.34. The van der Waals surface area contributed by atoms with Crippen LogP contribution in [0.3, 0.4) is 0 Å². The van der Waals surface area contributed by atoms with Crippen molar-refractivity contribution in [2.45, 2.75) is 45.2 Å². The molecule has 2 rings (SSSR count). The molecule has 1 saturated heterocycles. The summed E-state index contributed by atoms with van der Waals surface area (Å²) in [5, 5.41) is 0. The first-order valence-corrected chi connectivity index (χ1v) is 8.76. The van der Waals surface area contributed by atoms with Gasteiger partial charge in [0.25, 0.3) is 0 Å². The third-order valence-electron chi connectivity index (χ3n) is 4.95. The van der Waals surface area contributed by atoms with Crippen molar-refractivity contribution in [2.75, 3.05) is 33.4 Å². The Kier molecular flexibility index (Phi) is 6.75. The van der Waals surface area contributed by atoms with Gasteiger partial charge in [0, 0.05) is 38.8 Å². The first-order chi connectivity index (χ1) is 11.5. The summed E-state index contributed by atoms with van der Waals surface area (Å²) in [5.41, 5.74) is 0.894. The lowest BCUT2D eigenvalue weighted by molar-refractivity contribution is -0.137. The van der Waals surface area contributed by atoms with E-state index in [0.29, 0.717) is 18.7 Å². The molecule has 1 fully saturated rings. The number of benzene rings is 1. The number of halogens is 1. The molecule has 0 aromatic heterocycles. The summed E-state index contributed by atoms with van der Waals surface area (Å²) in [7, 11) is 1.71. The van der Waals surface area contributed by atoms with Crippen LogP contribution in [0.25, 0.3) is 0 Å². The normalized spacial score (nSPS) is 23.3. The molecule has 3 atom stereocenters. The molecule has 1 aliphatic rings. The molecule has 1 heterocycles. The zero-order valence-electron chi connectivity index (χ0n) is 15.2. The molecule has 0 radical (unpaired) electrons. The molecule has 0 spiro atoms. The van der Waals surface area contributed by atoms with Gasteiger partial charge in [0.05, 0.1) is 12.5 Å². The standard InChI is InChI=1S/C19H29FN2O2/c1-5-18(16-6-8-17(20)9-7-16)19(23)21-12-14(2)22(10-11-24-4)15(3)13-21/h6-9,14-15,18H,5,10-13H2,1-4H3. The number of rotatable bonds is 6. The third-order valence-corrected chi connectivity index (χ3v) is 4.95. The molecule has 0 N–H and O–H groups in total. The molecule has 1 aromatic carbocycles. The van der Waals surface area contributed by atoms with Crippen molar-refractivity contribution in [1.82, 2.24) is 9.80 Å². The molecular weight excluding hydrogens is 307 g/mol. The van der Waals surface area contributed by atoms with Crippen molar-refractivity contribution in [3.8, 4) is 0 Å². The van der Waals surface area contributed by atoms with E-state index in [0.717, 1.165) is 31.6 Å². The summed E-state index contributed by atoms with van der Waals surface area (Å²) < 4.78 is 18.3. The molecule has 24 heavy (non-hydrogen) atoms. The van der Waals surface area contributed by atoms with Crippen LogP contribution in [0.2, 0.25) is 0 Å². The molecular formula is C19H29FN2O2. The van der Waals surface area contributed by atoms with Crippen LogP contribution in [0.5, 0.6) is 0 Å². The monoisotopic (exact) mass is 336 g/mol. The lowest BCUT2D eigenvalue weighted by Gasteiger charge is -2.45. The van der Waals surface area contributed by atoms with Crippen LogP contribution < -0.4 is 0 Å². The van der Waals surface area contributed by atoms with E-state index in [2.05, 4.69) is 18.7 Å². The third kappa shape index (κ3) is 4.33. The number of carbonyl (C=O) groups is 1. The van der Waals surface area contributed by atoms with E-state index in [1.54, 1.807) is 19.2 Å². The van der Waals surface area contributed by atoms with Gasteiger partial charge in [-0.15, -0.1) is 0 Å². The van der Waals surface area contributed by atoms with Gasteiger partial charge in [0.2, 0.25) is 5.91 Å². The van der Waals surface area contributed by atoms with E-state index in [1.807, 2.05) is 11.8 Å². The van der Waals surface area contributed by atoms with Gasteiger partial charge in [-0.05, 0) is 38.0 Å². The fourth-order valence-electron chi connectivity index (χ4n) is 3.64. The minimum absolute atomic E-state index is 0.147. The van der Waals surface area contributed by atoms with Gasteiger partial charge in [0.15, 0.2) is 0 Å². The average Bonchev–Trinajstić information content (AvgIpc) is 2.56. The maximum Gasteiger partial charge on any atom is 0.230 e. The van der Waals surface area contributed by atoms with Crippen LogP contribution in [0, 0.1) is 5.82 Å². The highest BCUT2D eigenvalue weighted by Crippen LogP contribution is 2.25. The predicted octanol–water partition coefficient (Wildman–Crippen LogP) is 2.89. The number of amides is 1. The number of hydrogen-bond acceptors (Lipinski definition) is 3. The number of ether oxygens (including phenoxy) is 1. The van der Waals surface area contributed by atoms with E-state index in [1.165, 1.54) is 12.1 Å². The summed E-state index contributed by atoms with van der Waals surface area (Å²) in [6, 6.07) is 6.92. The Hall–Kier alpha value is -1.46. The second kappa shape index (κ2) is 8.58. The Morgan fingerprint density at radius 3 is 2.33 bits per heavy atom. The van der Waals surface area contributed by atoms with Crippen LogP contribution >= 0.6 is 0 Å². The Balaban J connectivity index is 2.07. The van der Waals surface area contributed by atoms with Gasteiger partial charge < -0.3 is 9.64 Å². The summed E-state index contributed by atoms with van der Waals surface area (Å²) in [4.78, 5) is 17.4. The lowest BCUT2D eigenvalue weighted by Crippen LogP contribution is -2.59. The van der Waals surface area contributed by atoms with Crippen LogP contribution in [0.15, 0.2) is 24.3 Å². The van der Waals surface area contributed by atoms with Gasteiger partial charge in [-0.3, -0.25) is 9.69 Å². The fraction of sp³-hybridized carbons (Fsp3) is 0.632. The van der Waals surface area contributed by atoms with Crippen LogP contribution in [0.1, 0.15) is 38.7 Å². The smallest absolute Gasteiger partial charge is 0.230 e. The quantitative estimate of drug-likeness (QED) is 0.801. The zero-order chi connectivity index (χ0) is 17.7. The fourth-order valence-corrected chi connectivity index (χ4v) is 3.64. The lowest BCUT2D eigenvalue weighted by atomic mass is 9.94. The largest absolute Gasteiger partial charge is 0.383 e. The first kappa shape index (κ1) is 18.9. The Bertz CT molecular complexity index is 523. The molecule has 1 aromatic rings. The van der Waals surface area contributed by atoms with E-state index < -0.39 is 0 Å². The summed E-state index contributed by atoms with van der Waals surface area (Å²) in [5.74, 6) is -0.320. The van der Waals surface area contributed by atoms with Crippen molar-refractivity contribution in [3.63, 3.8) is 0 Å². The van der Waals surface area contributed by atoms with Crippen molar-refractivity contribution >= 4 is 5.91 Å². The molecule has 4 nitrogen and oxygen atoms in total. The average molecular weight is 336 g/mol. The van der Waals surface area contributed by atoms with Crippen LogP contribution in [-0.2, 0) is 9.53 Å². The Morgan fingerprint density at radius 1 is 1.25 bits per heavy atom. The van der Waals surface area contributed by atoms with E-state index in [4.69, 9.17) is 4.74 Å². The molecule has 134 valence electrons. The number of nitrogens with zero attached hydrogens (tertiary/aromatic N) is 2. The van der Waals surface area contributed by atoms with Gasteiger partial charge in [0.1, 0.15) is 5.82 Å². The number of piperazine rings is 1. The van der Waals surface area contributed by atoms with Crippen molar-refractivity contribution < 1.29 is 13.9 Å². The second-order valence-corrected chi connectivity index (χ2v) is 6.68. The Morgan fingerprint density at radius 2 is 1.83 bits per heavy atom. The topological polar surface area (TPSA) is 32.8 Å². The molecule has 1 aliphatic heterocycles. The van der Waals surface area contributed by atoms with Gasteiger partial charge in [-0.25, -0.2) is 4.39 Å². The van der Waals surface area contributed by atoms with Crippen LogP contribution in [0.4, 0.5) is 4.39 Å². The first-order valence-electron chi connectivity index (χ1n) is 8.76. The number of hydrogen-bond donors (Lipinski definition) is 0. The minimum atomic E-state index is -0.268. The zero-order valence-corrected chi connectivity index (χ0v) is 15.2. The Labute approximate surface area is 144 Å². The number of methoxy groups -OCH3 is 1. The SMILES string of the molecule is CCC(C(=O)N1CC(C)N(CCOC)C(C)C1)c1ccc(F)cc1. The summed E-state index contributed by atoms with van der Waals surface area (Å²) in [6.07, 6.45) is 0.719. The van der Waals surface area contributed by atoms with Crippen molar-refractivity contribution in [2.24, 2.45) is 0 Å². The van der Waals surface area contributed by atoms with Crippen LogP contribution in [-0.4, -0.2) is 61.1 Å². The predicted molar refractivity (Wildman–Crippen MR) is 93.5 cm³/mol. The summed E-state index contributed by atoms with van der Waals surface area (Å²) in [6.45, 7) is 9.36. The van der Waals surface area contributed by atoms with E-state index in [-0.39, 0.29) is 17.6 Å². The molecule has 5 heteroatoms. The highest BCUT2D eigenvalue weighted by molar-refractivity contribution is 5.84. The molecule has 0 saturated carbocycles. The molecule has 3 unspecified atom stereocenters. The molecule has 1 amide bonds. The van der Waals surface area contributed by atoms with Crippen molar-refractivity contribution in [3.05, 3.63) is 35.6 Å².